The highest BCUT2D eigenvalue weighted by Gasteiger charge is 2.18. The summed E-state index contributed by atoms with van der Waals surface area (Å²) in [6.45, 7) is 9.29. The number of methoxy groups -OCH3 is 1. The highest BCUT2D eigenvalue weighted by atomic mass is 16.5. The lowest BCUT2D eigenvalue weighted by molar-refractivity contribution is 0.0991. The second kappa shape index (κ2) is 8.97. The molecule has 96 valence electrons. The molecule has 3 nitrogen and oxygen atoms in total. The van der Waals surface area contributed by atoms with Gasteiger partial charge in [0.1, 0.15) is 0 Å². The van der Waals surface area contributed by atoms with Crippen molar-refractivity contribution in [1.82, 2.24) is 10.2 Å². The Morgan fingerprint density at radius 2 is 2.00 bits per heavy atom. The van der Waals surface area contributed by atoms with E-state index in [2.05, 4.69) is 17.1 Å². The monoisotopic (exact) mass is 228 g/mol. The van der Waals surface area contributed by atoms with Crippen molar-refractivity contribution in [2.45, 2.75) is 32.6 Å². The highest BCUT2D eigenvalue weighted by molar-refractivity contribution is 4.72. The Bertz CT molecular complexity index is 156. The van der Waals surface area contributed by atoms with Crippen molar-refractivity contribution in [2.75, 3.05) is 46.4 Å². The second-order valence-electron chi connectivity index (χ2n) is 4.84. The Hall–Kier alpha value is -0.120. The summed E-state index contributed by atoms with van der Waals surface area (Å²) in [5, 5.41) is 3.46. The smallest absolute Gasteiger partial charge is 0.0491 e. The summed E-state index contributed by atoms with van der Waals surface area (Å²) >= 11 is 0. The standard InChI is InChI=1S/C13H28N2O/c1-3-7-14-8-4-9-15-10-5-13(6-11-15)12-16-2/h13-14H,3-12H2,1-2H3. The summed E-state index contributed by atoms with van der Waals surface area (Å²) < 4.78 is 5.21. The zero-order valence-electron chi connectivity index (χ0n) is 11.0. The number of hydrogen-bond donors (Lipinski definition) is 1. The van der Waals surface area contributed by atoms with Crippen molar-refractivity contribution in [3.05, 3.63) is 0 Å². The molecule has 1 fully saturated rings. The van der Waals surface area contributed by atoms with Crippen LogP contribution in [0.15, 0.2) is 0 Å². The van der Waals surface area contributed by atoms with Crippen molar-refractivity contribution in [2.24, 2.45) is 5.92 Å². The number of hydrogen-bond acceptors (Lipinski definition) is 3. The zero-order chi connectivity index (χ0) is 11.6. The van der Waals surface area contributed by atoms with E-state index in [4.69, 9.17) is 4.74 Å². The molecular formula is C13H28N2O. The van der Waals surface area contributed by atoms with Crippen molar-refractivity contribution in [3.63, 3.8) is 0 Å². The molecule has 1 saturated heterocycles. The third kappa shape index (κ3) is 5.83. The Labute approximate surface area is 101 Å². The summed E-state index contributed by atoms with van der Waals surface area (Å²) in [5.41, 5.74) is 0. The molecule has 1 aliphatic rings. The van der Waals surface area contributed by atoms with Gasteiger partial charge in [-0.05, 0) is 64.3 Å². The van der Waals surface area contributed by atoms with Gasteiger partial charge >= 0.3 is 0 Å². The average Bonchev–Trinajstić information content (AvgIpc) is 2.31. The van der Waals surface area contributed by atoms with Gasteiger partial charge in [0.05, 0.1) is 0 Å². The SMILES string of the molecule is CCCNCCCN1CCC(COC)CC1. The van der Waals surface area contributed by atoms with E-state index in [1.807, 2.05) is 7.11 Å². The predicted molar refractivity (Wildman–Crippen MR) is 68.8 cm³/mol. The number of ether oxygens (including phenoxy) is 1. The van der Waals surface area contributed by atoms with E-state index in [9.17, 15) is 0 Å². The number of piperidine rings is 1. The van der Waals surface area contributed by atoms with Gasteiger partial charge in [-0.1, -0.05) is 6.92 Å². The van der Waals surface area contributed by atoms with Crippen LogP contribution in [0.4, 0.5) is 0 Å². The first-order valence-electron chi connectivity index (χ1n) is 6.78. The maximum absolute atomic E-state index is 5.21. The lowest BCUT2D eigenvalue weighted by Crippen LogP contribution is -2.36. The summed E-state index contributed by atoms with van der Waals surface area (Å²) in [7, 11) is 1.81. The topological polar surface area (TPSA) is 24.5 Å². The Kier molecular flexibility index (Phi) is 7.81. The van der Waals surface area contributed by atoms with E-state index in [1.165, 1.54) is 51.9 Å². The fraction of sp³-hybridized carbons (Fsp3) is 1.00. The van der Waals surface area contributed by atoms with Crippen LogP contribution in [0.5, 0.6) is 0 Å². The average molecular weight is 228 g/mol. The lowest BCUT2D eigenvalue weighted by atomic mass is 9.98. The van der Waals surface area contributed by atoms with Crippen molar-refractivity contribution in [1.29, 1.82) is 0 Å². The molecule has 1 heterocycles. The minimum absolute atomic E-state index is 0.805. The molecule has 0 radical (unpaired) electrons. The van der Waals surface area contributed by atoms with E-state index in [0.29, 0.717) is 0 Å². The molecule has 0 unspecified atom stereocenters. The fourth-order valence-corrected chi connectivity index (χ4v) is 2.34. The van der Waals surface area contributed by atoms with Gasteiger partial charge in [0.2, 0.25) is 0 Å². The van der Waals surface area contributed by atoms with E-state index >= 15 is 0 Å². The molecule has 16 heavy (non-hydrogen) atoms. The van der Waals surface area contributed by atoms with Crippen LogP contribution in [-0.2, 0) is 4.74 Å². The fourth-order valence-electron chi connectivity index (χ4n) is 2.34. The quantitative estimate of drug-likeness (QED) is 0.640. The van der Waals surface area contributed by atoms with Crippen molar-refractivity contribution >= 4 is 0 Å². The molecule has 0 aromatic carbocycles. The van der Waals surface area contributed by atoms with Gasteiger partial charge in [-0.3, -0.25) is 0 Å². The Morgan fingerprint density at radius 3 is 2.62 bits per heavy atom. The zero-order valence-corrected chi connectivity index (χ0v) is 11.0. The van der Waals surface area contributed by atoms with Crippen LogP contribution in [0.25, 0.3) is 0 Å². The largest absolute Gasteiger partial charge is 0.384 e. The third-order valence-electron chi connectivity index (χ3n) is 3.36. The minimum atomic E-state index is 0.805. The van der Waals surface area contributed by atoms with Crippen LogP contribution in [0.2, 0.25) is 0 Å². The van der Waals surface area contributed by atoms with E-state index in [-0.39, 0.29) is 0 Å². The molecule has 0 aliphatic carbocycles. The summed E-state index contributed by atoms with van der Waals surface area (Å²) in [5.74, 6) is 0.805. The predicted octanol–water partition coefficient (Wildman–Crippen LogP) is 1.73. The number of nitrogens with one attached hydrogen (secondary N) is 1. The molecule has 3 heteroatoms. The molecule has 0 bridgehead atoms. The lowest BCUT2D eigenvalue weighted by Gasteiger charge is -2.31. The van der Waals surface area contributed by atoms with E-state index < -0.39 is 0 Å². The van der Waals surface area contributed by atoms with Crippen LogP contribution >= 0.6 is 0 Å². The van der Waals surface area contributed by atoms with Gasteiger partial charge in [0, 0.05) is 13.7 Å². The molecule has 1 aliphatic heterocycles. The summed E-state index contributed by atoms with van der Waals surface area (Å²) in [6.07, 6.45) is 5.16. The Morgan fingerprint density at radius 1 is 1.25 bits per heavy atom. The van der Waals surface area contributed by atoms with E-state index in [1.54, 1.807) is 0 Å². The molecule has 0 atom stereocenters. The Balaban J connectivity index is 1.95. The maximum atomic E-state index is 5.21. The number of rotatable bonds is 8. The molecule has 0 spiro atoms. The third-order valence-corrected chi connectivity index (χ3v) is 3.36. The van der Waals surface area contributed by atoms with Gasteiger partial charge in [-0.2, -0.15) is 0 Å². The molecule has 0 saturated carbocycles. The molecular weight excluding hydrogens is 200 g/mol. The summed E-state index contributed by atoms with van der Waals surface area (Å²) in [6, 6.07) is 0. The second-order valence-corrected chi connectivity index (χ2v) is 4.84. The molecule has 0 aromatic rings. The highest BCUT2D eigenvalue weighted by Crippen LogP contribution is 2.17. The van der Waals surface area contributed by atoms with Gasteiger partial charge in [0.25, 0.3) is 0 Å². The molecule has 1 N–H and O–H groups in total. The number of likely N-dealkylation sites (tertiary alicyclic amines) is 1. The first kappa shape index (κ1) is 13.9. The number of nitrogens with zero attached hydrogens (tertiary/aromatic N) is 1. The van der Waals surface area contributed by atoms with Gasteiger partial charge in [-0.15, -0.1) is 0 Å². The van der Waals surface area contributed by atoms with Crippen LogP contribution < -0.4 is 5.32 Å². The molecule has 0 amide bonds. The maximum Gasteiger partial charge on any atom is 0.0491 e. The van der Waals surface area contributed by atoms with Crippen LogP contribution in [-0.4, -0.2) is 51.3 Å². The van der Waals surface area contributed by atoms with Crippen LogP contribution in [0.1, 0.15) is 32.6 Å². The van der Waals surface area contributed by atoms with Gasteiger partial charge in [-0.25, -0.2) is 0 Å². The molecule has 1 rings (SSSR count). The van der Waals surface area contributed by atoms with Crippen LogP contribution in [0.3, 0.4) is 0 Å². The summed E-state index contributed by atoms with van der Waals surface area (Å²) in [4.78, 5) is 2.60. The van der Waals surface area contributed by atoms with Crippen molar-refractivity contribution < 1.29 is 4.74 Å². The molecule has 0 aromatic heterocycles. The van der Waals surface area contributed by atoms with E-state index in [0.717, 1.165) is 19.1 Å². The van der Waals surface area contributed by atoms with Crippen LogP contribution in [0, 0.1) is 5.92 Å². The normalized spacial score (nSPS) is 19.1. The first-order valence-corrected chi connectivity index (χ1v) is 6.78. The minimum Gasteiger partial charge on any atom is -0.384 e. The van der Waals surface area contributed by atoms with Crippen molar-refractivity contribution in [3.8, 4) is 0 Å². The van der Waals surface area contributed by atoms with Gasteiger partial charge in [0.15, 0.2) is 0 Å². The first-order chi connectivity index (χ1) is 7.86. The van der Waals surface area contributed by atoms with Gasteiger partial charge < -0.3 is 15.0 Å².